The van der Waals surface area contributed by atoms with Crippen LogP contribution in [0.1, 0.15) is 21.5 Å². The van der Waals surface area contributed by atoms with Gasteiger partial charge in [-0.2, -0.15) is 0 Å². The molecule has 1 N–H and O–H groups in total. The second-order valence-corrected chi connectivity index (χ2v) is 6.91. The van der Waals surface area contributed by atoms with Crippen LogP contribution in [0, 0.1) is 13.8 Å². The van der Waals surface area contributed by atoms with Crippen molar-refractivity contribution in [2.45, 2.75) is 13.8 Å². The van der Waals surface area contributed by atoms with Crippen molar-refractivity contribution >= 4 is 28.4 Å². The number of pyridine rings is 1. The van der Waals surface area contributed by atoms with Crippen LogP contribution in [0.2, 0.25) is 0 Å². The van der Waals surface area contributed by atoms with Crippen LogP contribution in [0.5, 0.6) is 5.75 Å². The lowest BCUT2D eigenvalue weighted by molar-refractivity contribution is 0.102. The molecule has 6 heteroatoms. The molecule has 0 unspecified atom stereocenters. The summed E-state index contributed by atoms with van der Waals surface area (Å²) >= 11 is 0. The Kier molecular flexibility index (Phi) is 5.30. The van der Waals surface area contributed by atoms with E-state index >= 15 is 0 Å². The molecule has 6 nitrogen and oxygen atoms in total. The smallest absolute Gasteiger partial charge is 0.262 e. The molecule has 1 amide bonds. The average Bonchev–Trinajstić information content (AvgIpc) is 2.75. The molecule has 2 heterocycles. The summed E-state index contributed by atoms with van der Waals surface area (Å²) in [5.41, 5.74) is 3.88. The molecule has 0 atom stereocenters. The minimum absolute atomic E-state index is 0.201. The zero-order chi connectivity index (χ0) is 21.1. The van der Waals surface area contributed by atoms with E-state index in [0.717, 1.165) is 22.2 Å². The number of fused-ring (bicyclic) bond motifs is 1. The third-order valence-corrected chi connectivity index (χ3v) is 4.68. The van der Waals surface area contributed by atoms with Crippen molar-refractivity contribution in [1.29, 1.82) is 0 Å². The third kappa shape index (κ3) is 3.93. The minimum Gasteiger partial charge on any atom is -0.493 e. The van der Waals surface area contributed by atoms with Crippen molar-refractivity contribution < 1.29 is 13.9 Å². The van der Waals surface area contributed by atoms with E-state index in [1.165, 1.54) is 0 Å². The van der Waals surface area contributed by atoms with Crippen molar-refractivity contribution in [1.82, 2.24) is 4.98 Å². The predicted molar refractivity (Wildman–Crippen MR) is 116 cm³/mol. The number of methoxy groups -OCH3 is 1. The van der Waals surface area contributed by atoms with Gasteiger partial charge in [0, 0.05) is 11.6 Å². The van der Waals surface area contributed by atoms with Gasteiger partial charge in [0.25, 0.3) is 5.91 Å². The number of benzene rings is 2. The molecule has 4 rings (SSSR count). The lowest BCUT2D eigenvalue weighted by Crippen LogP contribution is -2.22. The number of carbonyl (C=O) groups is 1. The number of nitrogens with one attached hydrogen (secondary N) is 1. The van der Waals surface area contributed by atoms with Gasteiger partial charge in [-0.05, 0) is 49.7 Å². The van der Waals surface area contributed by atoms with E-state index in [1.807, 2.05) is 44.2 Å². The number of ether oxygens (including phenoxy) is 1. The highest BCUT2D eigenvalue weighted by Gasteiger charge is 2.15. The van der Waals surface area contributed by atoms with Crippen LogP contribution >= 0.6 is 0 Å². The summed E-state index contributed by atoms with van der Waals surface area (Å²) in [6.45, 7) is 3.99. The van der Waals surface area contributed by atoms with Crippen LogP contribution in [0.15, 0.2) is 76.3 Å². The van der Waals surface area contributed by atoms with Gasteiger partial charge in [-0.1, -0.05) is 35.9 Å². The second kappa shape index (κ2) is 8.21. The minimum atomic E-state index is -0.356. The maximum atomic E-state index is 13.1. The van der Waals surface area contributed by atoms with Crippen LogP contribution < -0.4 is 15.6 Å². The fraction of sp³-hybridized carbons (Fsp3) is 0.125. The van der Waals surface area contributed by atoms with Gasteiger partial charge in [0.1, 0.15) is 11.4 Å². The number of anilines is 1. The van der Waals surface area contributed by atoms with Crippen molar-refractivity contribution in [3.05, 3.63) is 89.1 Å². The first kappa shape index (κ1) is 19.4. The zero-order valence-corrected chi connectivity index (χ0v) is 17.0. The molecular weight excluding hydrogens is 378 g/mol. The van der Waals surface area contributed by atoms with Gasteiger partial charge in [-0.15, -0.1) is 0 Å². The van der Waals surface area contributed by atoms with E-state index in [2.05, 4.69) is 15.3 Å². The molecule has 150 valence electrons. The lowest BCUT2D eigenvalue weighted by Gasteiger charge is -2.09. The van der Waals surface area contributed by atoms with Crippen molar-refractivity contribution in [3.8, 4) is 5.75 Å². The Balaban J connectivity index is 1.92. The van der Waals surface area contributed by atoms with E-state index in [0.29, 0.717) is 22.7 Å². The highest BCUT2D eigenvalue weighted by Crippen LogP contribution is 2.25. The van der Waals surface area contributed by atoms with E-state index in [-0.39, 0.29) is 11.5 Å². The third-order valence-electron chi connectivity index (χ3n) is 4.68. The van der Waals surface area contributed by atoms with Crippen LogP contribution in [-0.4, -0.2) is 18.0 Å². The van der Waals surface area contributed by atoms with E-state index in [9.17, 15) is 4.79 Å². The molecule has 0 fully saturated rings. The lowest BCUT2D eigenvalue weighted by atomic mass is 10.1. The number of hydrogen-bond acceptors (Lipinski definition) is 5. The molecule has 0 aliphatic rings. The van der Waals surface area contributed by atoms with Crippen molar-refractivity contribution in [3.63, 3.8) is 0 Å². The number of aryl methyl sites for hydroxylation is 2. The highest BCUT2D eigenvalue weighted by atomic mass is 16.5. The molecule has 2 aromatic carbocycles. The number of para-hydroxylation sites is 1. The molecular formula is C24H21N3O3. The van der Waals surface area contributed by atoms with Crippen LogP contribution in [0.3, 0.4) is 0 Å². The molecule has 30 heavy (non-hydrogen) atoms. The number of hydrogen-bond donors (Lipinski definition) is 1. The summed E-state index contributed by atoms with van der Waals surface area (Å²) in [5, 5.41) is 3.54. The number of carbonyl (C=O) groups excluding carboxylic acids is 1. The second-order valence-electron chi connectivity index (χ2n) is 6.91. The highest BCUT2D eigenvalue weighted by molar-refractivity contribution is 6.05. The normalized spacial score (nSPS) is 11.5. The number of nitrogens with zero attached hydrogens (tertiary/aromatic N) is 2. The van der Waals surface area contributed by atoms with Crippen molar-refractivity contribution in [2.75, 3.05) is 12.4 Å². The Hall–Kier alpha value is -3.93. The summed E-state index contributed by atoms with van der Waals surface area (Å²) in [6.07, 6.45) is 1.62. The Labute approximate surface area is 173 Å². The van der Waals surface area contributed by atoms with Gasteiger partial charge < -0.3 is 14.5 Å². The van der Waals surface area contributed by atoms with E-state index in [1.54, 1.807) is 43.6 Å². The Morgan fingerprint density at radius 2 is 1.93 bits per heavy atom. The first-order valence-corrected chi connectivity index (χ1v) is 9.50. The number of amides is 1. The maximum Gasteiger partial charge on any atom is 0.262 e. The monoisotopic (exact) mass is 399 g/mol. The fourth-order valence-corrected chi connectivity index (χ4v) is 3.19. The largest absolute Gasteiger partial charge is 0.493 e. The summed E-state index contributed by atoms with van der Waals surface area (Å²) in [4.78, 5) is 21.9. The maximum absolute atomic E-state index is 13.1. The summed E-state index contributed by atoms with van der Waals surface area (Å²) in [5.74, 6) is 0.664. The number of rotatable bonds is 4. The molecule has 0 aliphatic carbocycles. The molecule has 0 radical (unpaired) electrons. The average molecular weight is 399 g/mol. The van der Waals surface area contributed by atoms with Crippen LogP contribution in [0.25, 0.3) is 11.0 Å². The van der Waals surface area contributed by atoms with E-state index < -0.39 is 0 Å². The first-order valence-electron chi connectivity index (χ1n) is 9.50. The molecule has 0 bridgehead atoms. The van der Waals surface area contributed by atoms with Gasteiger partial charge in [0.05, 0.1) is 12.8 Å². The SMILES string of the molecule is COc1cccc2cc(C(=O)Nc3ccccn3)c(=Nc3ccc(C)cc3C)oc12. The standard InChI is InChI=1S/C24H21N3O3/c1-15-10-11-19(16(2)13-15)26-24-18(23(28)27-21-9-4-5-12-25-21)14-17-7-6-8-20(29-3)22(17)30-24/h4-14H,1-3H3,(H,25,27,28). The van der Waals surface area contributed by atoms with Gasteiger partial charge in [0.15, 0.2) is 11.3 Å². The van der Waals surface area contributed by atoms with Crippen LogP contribution in [0.4, 0.5) is 11.5 Å². The summed E-state index contributed by atoms with van der Waals surface area (Å²) in [7, 11) is 1.58. The predicted octanol–water partition coefficient (Wildman–Crippen LogP) is 4.94. The molecule has 2 aromatic heterocycles. The Morgan fingerprint density at radius 3 is 2.67 bits per heavy atom. The van der Waals surface area contributed by atoms with Crippen molar-refractivity contribution in [2.24, 2.45) is 4.99 Å². The summed E-state index contributed by atoms with van der Waals surface area (Å²) in [6, 6.07) is 18.5. The number of aromatic nitrogens is 1. The van der Waals surface area contributed by atoms with E-state index in [4.69, 9.17) is 9.15 Å². The first-order chi connectivity index (χ1) is 14.5. The molecule has 0 spiro atoms. The molecule has 0 saturated heterocycles. The topological polar surface area (TPSA) is 76.7 Å². The quantitative estimate of drug-likeness (QED) is 0.527. The zero-order valence-electron chi connectivity index (χ0n) is 17.0. The van der Waals surface area contributed by atoms with Gasteiger partial charge >= 0.3 is 0 Å². The molecule has 0 saturated carbocycles. The van der Waals surface area contributed by atoms with Gasteiger partial charge in [-0.25, -0.2) is 9.98 Å². The molecule has 0 aliphatic heterocycles. The van der Waals surface area contributed by atoms with Crippen LogP contribution in [-0.2, 0) is 0 Å². The van der Waals surface area contributed by atoms with Gasteiger partial charge in [-0.3, -0.25) is 4.79 Å². The summed E-state index contributed by atoms with van der Waals surface area (Å²) < 4.78 is 11.5. The Morgan fingerprint density at radius 1 is 1.07 bits per heavy atom. The molecule has 4 aromatic rings. The van der Waals surface area contributed by atoms with Gasteiger partial charge in [0.2, 0.25) is 5.55 Å². The Bertz CT molecular complexity index is 1290. The fourth-order valence-electron chi connectivity index (χ4n) is 3.19.